The van der Waals surface area contributed by atoms with Gasteiger partial charge in [-0.15, -0.1) is 0 Å². The molecule has 0 spiro atoms. The maximum atomic E-state index is 13.0. The Bertz CT molecular complexity index is 848. The molecule has 1 fully saturated rings. The lowest BCUT2D eigenvalue weighted by molar-refractivity contribution is -0.142. The summed E-state index contributed by atoms with van der Waals surface area (Å²) in [6.45, 7) is 1.62. The Balaban J connectivity index is 1.90. The summed E-state index contributed by atoms with van der Waals surface area (Å²) >= 11 is 3.36. The number of Topliss-reactive ketones (excluding diaryl/α,β-unsaturated/α-hetero) is 2. The molecule has 2 aromatic rings. The van der Waals surface area contributed by atoms with Crippen LogP contribution in [0.15, 0.2) is 53.0 Å². The van der Waals surface area contributed by atoms with Gasteiger partial charge in [-0.05, 0) is 48.7 Å². The topological polar surface area (TPSA) is 54.5 Å². The standard InChI is InChI=1S/C20H17BrFNO3/c1-12(24)17-18(14-4-6-15(21)7-5-14)23(20(26)19(17)25)11-10-13-2-8-16(22)9-3-13/h2-9,17-18H,10-11H2,1H3. The summed E-state index contributed by atoms with van der Waals surface area (Å²) < 4.78 is 13.9. The average molecular weight is 418 g/mol. The van der Waals surface area contributed by atoms with Gasteiger partial charge in [-0.25, -0.2) is 4.39 Å². The lowest BCUT2D eigenvalue weighted by Crippen LogP contribution is -2.32. The van der Waals surface area contributed by atoms with E-state index in [1.54, 1.807) is 12.1 Å². The van der Waals surface area contributed by atoms with Crippen molar-refractivity contribution < 1.29 is 18.8 Å². The van der Waals surface area contributed by atoms with Crippen LogP contribution >= 0.6 is 15.9 Å². The molecule has 134 valence electrons. The van der Waals surface area contributed by atoms with Gasteiger partial charge in [-0.2, -0.15) is 0 Å². The zero-order valence-electron chi connectivity index (χ0n) is 14.1. The molecule has 0 aliphatic carbocycles. The highest BCUT2D eigenvalue weighted by Crippen LogP contribution is 2.37. The lowest BCUT2D eigenvalue weighted by atomic mass is 9.90. The minimum Gasteiger partial charge on any atom is -0.328 e. The number of ketones is 2. The maximum Gasteiger partial charge on any atom is 0.291 e. The van der Waals surface area contributed by atoms with Crippen LogP contribution in [0.25, 0.3) is 0 Å². The van der Waals surface area contributed by atoms with Crippen LogP contribution in [0.4, 0.5) is 4.39 Å². The number of carbonyl (C=O) groups excluding carboxylic acids is 3. The highest BCUT2D eigenvalue weighted by molar-refractivity contribution is 9.10. The first-order chi connectivity index (χ1) is 12.4. The molecule has 1 aliphatic rings. The van der Waals surface area contributed by atoms with E-state index in [9.17, 15) is 18.8 Å². The van der Waals surface area contributed by atoms with Gasteiger partial charge < -0.3 is 4.90 Å². The summed E-state index contributed by atoms with van der Waals surface area (Å²) in [7, 11) is 0. The zero-order chi connectivity index (χ0) is 18.8. The van der Waals surface area contributed by atoms with Crippen molar-refractivity contribution in [3.63, 3.8) is 0 Å². The third kappa shape index (κ3) is 3.60. The van der Waals surface area contributed by atoms with Gasteiger partial charge in [0.2, 0.25) is 5.78 Å². The van der Waals surface area contributed by atoms with E-state index in [-0.39, 0.29) is 18.1 Å². The molecule has 0 saturated carbocycles. The number of rotatable bonds is 5. The molecule has 3 rings (SSSR count). The van der Waals surface area contributed by atoms with E-state index in [1.165, 1.54) is 24.0 Å². The Morgan fingerprint density at radius 2 is 1.69 bits per heavy atom. The molecule has 0 N–H and O–H groups in total. The van der Waals surface area contributed by atoms with Gasteiger partial charge in [0.25, 0.3) is 5.91 Å². The van der Waals surface area contributed by atoms with Crippen LogP contribution in [-0.2, 0) is 20.8 Å². The molecule has 0 aromatic heterocycles. The van der Waals surface area contributed by atoms with E-state index >= 15 is 0 Å². The Morgan fingerprint density at radius 1 is 1.08 bits per heavy atom. The molecule has 2 unspecified atom stereocenters. The fourth-order valence-corrected chi connectivity index (χ4v) is 3.57. The zero-order valence-corrected chi connectivity index (χ0v) is 15.7. The van der Waals surface area contributed by atoms with E-state index < -0.39 is 23.7 Å². The molecule has 1 aliphatic heterocycles. The van der Waals surface area contributed by atoms with Crippen molar-refractivity contribution in [1.29, 1.82) is 0 Å². The van der Waals surface area contributed by atoms with Crippen molar-refractivity contribution >= 4 is 33.4 Å². The normalized spacial score (nSPS) is 19.9. The summed E-state index contributed by atoms with van der Waals surface area (Å²) in [5.74, 6) is -2.94. The van der Waals surface area contributed by atoms with Crippen LogP contribution in [0.1, 0.15) is 24.1 Å². The van der Waals surface area contributed by atoms with E-state index in [4.69, 9.17) is 0 Å². The Kier molecular flexibility index (Phi) is 5.32. The Labute approximate surface area is 159 Å². The van der Waals surface area contributed by atoms with Crippen molar-refractivity contribution in [2.24, 2.45) is 5.92 Å². The van der Waals surface area contributed by atoms with E-state index in [0.29, 0.717) is 6.42 Å². The smallest absolute Gasteiger partial charge is 0.291 e. The summed E-state index contributed by atoms with van der Waals surface area (Å²) in [6.07, 6.45) is 0.469. The monoisotopic (exact) mass is 417 g/mol. The molecular weight excluding hydrogens is 401 g/mol. The second-order valence-electron chi connectivity index (χ2n) is 6.32. The van der Waals surface area contributed by atoms with Crippen LogP contribution in [-0.4, -0.2) is 28.9 Å². The maximum absolute atomic E-state index is 13.0. The predicted molar refractivity (Wildman–Crippen MR) is 97.9 cm³/mol. The number of amides is 1. The van der Waals surface area contributed by atoms with Gasteiger partial charge in [-0.3, -0.25) is 14.4 Å². The number of likely N-dealkylation sites (tertiary alicyclic amines) is 1. The molecule has 4 nitrogen and oxygen atoms in total. The molecule has 2 atom stereocenters. The van der Waals surface area contributed by atoms with Crippen LogP contribution in [0.3, 0.4) is 0 Å². The fourth-order valence-electron chi connectivity index (χ4n) is 3.30. The van der Waals surface area contributed by atoms with Crippen LogP contribution in [0.5, 0.6) is 0 Å². The van der Waals surface area contributed by atoms with Gasteiger partial charge in [0.05, 0.1) is 6.04 Å². The number of hydrogen-bond acceptors (Lipinski definition) is 3. The lowest BCUT2D eigenvalue weighted by Gasteiger charge is -2.27. The van der Waals surface area contributed by atoms with E-state index in [1.807, 2.05) is 24.3 Å². The van der Waals surface area contributed by atoms with Crippen LogP contribution < -0.4 is 0 Å². The number of nitrogens with zero attached hydrogens (tertiary/aromatic N) is 1. The summed E-state index contributed by atoms with van der Waals surface area (Å²) in [6, 6.07) is 12.6. The second kappa shape index (κ2) is 7.50. The molecule has 2 aromatic carbocycles. The minimum atomic E-state index is -0.989. The van der Waals surface area contributed by atoms with Gasteiger partial charge >= 0.3 is 0 Å². The molecule has 0 radical (unpaired) electrons. The number of halogens is 2. The van der Waals surface area contributed by atoms with Crippen LogP contribution in [0.2, 0.25) is 0 Å². The Morgan fingerprint density at radius 3 is 2.27 bits per heavy atom. The number of benzene rings is 2. The van der Waals surface area contributed by atoms with Gasteiger partial charge in [-0.1, -0.05) is 40.2 Å². The Hall–Kier alpha value is -2.34. The highest BCUT2D eigenvalue weighted by Gasteiger charge is 2.49. The van der Waals surface area contributed by atoms with Crippen molar-refractivity contribution in [3.05, 3.63) is 69.9 Å². The first kappa shape index (κ1) is 18.5. The third-order valence-electron chi connectivity index (χ3n) is 4.61. The van der Waals surface area contributed by atoms with E-state index in [0.717, 1.165) is 15.6 Å². The third-order valence-corrected chi connectivity index (χ3v) is 5.14. The summed E-state index contributed by atoms with van der Waals surface area (Å²) in [4.78, 5) is 38.4. The van der Waals surface area contributed by atoms with Crippen molar-refractivity contribution in [1.82, 2.24) is 4.90 Å². The first-order valence-electron chi connectivity index (χ1n) is 8.23. The summed E-state index contributed by atoms with van der Waals surface area (Å²) in [5.41, 5.74) is 1.60. The molecular formula is C20H17BrFNO3. The van der Waals surface area contributed by atoms with E-state index in [2.05, 4.69) is 15.9 Å². The minimum absolute atomic E-state index is 0.278. The van der Waals surface area contributed by atoms with Crippen LogP contribution in [0, 0.1) is 11.7 Å². The second-order valence-corrected chi connectivity index (χ2v) is 7.24. The van der Waals surface area contributed by atoms with Gasteiger partial charge in [0, 0.05) is 11.0 Å². The van der Waals surface area contributed by atoms with Crippen molar-refractivity contribution in [3.8, 4) is 0 Å². The SMILES string of the molecule is CC(=O)C1C(=O)C(=O)N(CCc2ccc(F)cc2)C1c1ccc(Br)cc1. The van der Waals surface area contributed by atoms with Crippen molar-refractivity contribution in [2.75, 3.05) is 6.54 Å². The molecule has 0 bridgehead atoms. The molecule has 1 saturated heterocycles. The molecule has 6 heteroatoms. The number of hydrogen-bond donors (Lipinski definition) is 0. The largest absolute Gasteiger partial charge is 0.328 e. The molecule has 1 amide bonds. The first-order valence-corrected chi connectivity index (χ1v) is 9.03. The fraction of sp³-hybridized carbons (Fsp3) is 0.250. The molecule has 26 heavy (non-hydrogen) atoms. The summed E-state index contributed by atoms with van der Waals surface area (Å²) in [5, 5.41) is 0. The van der Waals surface area contributed by atoms with Gasteiger partial charge in [0.15, 0.2) is 0 Å². The average Bonchev–Trinajstić information content (AvgIpc) is 2.86. The predicted octanol–water partition coefficient (Wildman–Crippen LogP) is 3.49. The highest BCUT2D eigenvalue weighted by atomic mass is 79.9. The quantitative estimate of drug-likeness (QED) is 0.552. The van der Waals surface area contributed by atoms with Crippen molar-refractivity contribution in [2.45, 2.75) is 19.4 Å². The number of carbonyl (C=O) groups is 3. The van der Waals surface area contributed by atoms with Gasteiger partial charge in [0.1, 0.15) is 17.5 Å². The molecule has 1 heterocycles.